The van der Waals surface area contributed by atoms with Crippen LogP contribution < -0.4 is 10.6 Å². The van der Waals surface area contributed by atoms with Gasteiger partial charge in [-0.05, 0) is 28.3 Å². The van der Waals surface area contributed by atoms with Gasteiger partial charge in [-0.15, -0.1) is 0 Å². The third-order valence-electron chi connectivity index (χ3n) is 2.18. The number of halogens is 1. The lowest BCUT2D eigenvalue weighted by molar-refractivity contribution is 0.110. The fourth-order valence-corrected chi connectivity index (χ4v) is 1.64. The number of rotatable bonds is 8. The monoisotopic (exact) mass is 316 g/mol. The van der Waals surface area contributed by atoms with Crippen molar-refractivity contribution in [2.75, 3.05) is 37.4 Å². The maximum Gasteiger partial charge on any atom is 0.224 e. The molecule has 1 aromatic heterocycles. The number of anilines is 2. The first kappa shape index (κ1) is 15.2. The second kappa shape index (κ2) is 8.26. The van der Waals surface area contributed by atoms with Crippen LogP contribution in [0.25, 0.3) is 0 Å². The molecule has 1 rings (SSSR count). The highest BCUT2D eigenvalue weighted by Gasteiger charge is 2.03. The van der Waals surface area contributed by atoms with Gasteiger partial charge in [-0.25, -0.2) is 4.98 Å². The second-order valence-electron chi connectivity index (χ2n) is 4.39. The first-order chi connectivity index (χ1) is 8.63. The lowest BCUT2D eigenvalue weighted by Gasteiger charge is -2.09. The van der Waals surface area contributed by atoms with E-state index in [0.29, 0.717) is 11.9 Å². The van der Waals surface area contributed by atoms with Gasteiger partial charge in [0.2, 0.25) is 5.95 Å². The molecule has 0 aliphatic heterocycles. The van der Waals surface area contributed by atoms with Gasteiger partial charge in [-0.1, -0.05) is 13.8 Å². The van der Waals surface area contributed by atoms with Gasteiger partial charge in [0, 0.05) is 33.0 Å². The molecule has 2 N–H and O–H groups in total. The van der Waals surface area contributed by atoms with Crippen LogP contribution in [-0.2, 0) is 4.74 Å². The van der Waals surface area contributed by atoms with E-state index in [0.717, 1.165) is 36.5 Å². The molecule has 0 fully saturated rings. The number of nitrogens with zero attached hydrogens (tertiary/aromatic N) is 2. The summed E-state index contributed by atoms with van der Waals surface area (Å²) >= 11 is 3.42. The highest BCUT2D eigenvalue weighted by Crippen LogP contribution is 2.19. The van der Waals surface area contributed by atoms with E-state index in [1.807, 2.05) is 0 Å². The molecule has 6 heteroatoms. The average Bonchev–Trinajstić information content (AvgIpc) is 2.35. The Hall–Kier alpha value is -0.880. The van der Waals surface area contributed by atoms with Gasteiger partial charge in [0.15, 0.2) is 0 Å². The van der Waals surface area contributed by atoms with Gasteiger partial charge >= 0.3 is 0 Å². The van der Waals surface area contributed by atoms with Gasteiger partial charge in [0.1, 0.15) is 5.82 Å². The van der Waals surface area contributed by atoms with Crippen molar-refractivity contribution in [1.82, 2.24) is 9.97 Å². The van der Waals surface area contributed by atoms with Crippen LogP contribution in [-0.4, -0.2) is 36.8 Å². The van der Waals surface area contributed by atoms with E-state index >= 15 is 0 Å². The number of nitrogens with one attached hydrogen (secondary N) is 2. The highest BCUT2D eigenvalue weighted by atomic mass is 79.9. The Morgan fingerprint density at radius 2 is 2.22 bits per heavy atom. The molecule has 0 unspecified atom stereocenters. The lowest BCUT2D eigenvalue weighted by Crippen LogP contribution is -2.10. The summed E-state index contributed by atoms with van der Waals surface area (Å²) < 4.78 is 6.38. The van der Waals surface area contributed by atoms with Crippen molar-refractivity contribution in [1.29, 1.82) is 0 Å². The summed E-state index contributed by atoms with van der Waals surface area (Å²) in [6.07, 6.45) is 2.69. The van der Waals surface area contributed by atoms with Crippen LogP contribution in [0.4, 0.5) is 11.8 Å². The highest BCUT2D eigenvalue weighted by molar-refractivity contribution is 9.10. The van der Waals surface area contributed by atoms with Crippen molar-refractivity contribution in [3.05, 3.63) is 10.7 Å². The van der Waals surface area contributed by atoms with Crippen LogP contribution >= 0.6 is 15.9 Å². The number of hydrogen-bond acceptors (Lipinski definition) is 5. The Labute approximate surface area is 117 Å². The average molecular weight is 317 g/mol. The van der Waals surface area contributed by atoms with E-state index in [4.69, 9.17) is 4.74 Å². The molecular weight excluding hydrogens is 296 g/mol. The van der Waals surface area contributed by atoms with Gasteiger partial charge in [0.25, 0.3) is 0 Å². The molecule has 0 atom stereocenters. The molecule has 5 nitrogen and oxygen atoms in total. The van der Waals surface area contributed by atoms with Crippen molar-refractivity contribution >= 4 is 27.7 Å². The first-order valence-electron chi connectivity index (χ1n) is 6.15. The Morgan fingerprint density at radius 1 is 1.44 bits per heavy atom. The maximum absolute atomic E-state index is 5.51. The summed E-state index contributed by atoms with van der Waals surface area (Å²) in [5, 5.41) is 6.17. The quantitative estimate of drug-likeness (QED) is 0.722. The Morgan fingerprint density at radius 3 is 2.89 bits per heavy atom. The third-order valence-corrected chi connectivity index (χ3v) is 2.76. The summed E-state index contributed by atoms with van der Waals surface area (Å²) in [4.78, 5) is 8.42. The summed E-state index contributed by atoms with van der Waals surface area (Å²) in [6.45, 7) is 6.72. The van der Waals surface area contributed by atoms with E-state index in [9.17, 15) is 0 Å². The number of hydrogen-bond donors (Lipinski definition) is 2. The number of ether oxygens (including phenoxy) is 1. The van der Waals surface area contributed by atoms with E-state index < -0.39 is 0 Å². The Balaban J connectivity index is 2.26. The summed E-state index contributed by atoms with van der Waals surface area (Å²) in [5.74, 6) is 2.00. The van der Waals surface area contributed by atoms with Crippen LogP contribution in [0.15, 0.2) is 10.7 Å². The maximum atomic E-state index is 5.51. The Kier molecular flexibility index (Phi) is 6.97. The second-order valence-corrected chi connectivity index (χ2v) is 5.24. The lowest BCUT2D eigenvalue weighted by atomic mass is 10.2. The first-order valence-corrected chi connectivity index (χ1v) is 6.94. The minimum atomic E-state index is 0.590. The van der Waals surface area contributed by atoms with Crippen molar-refractivity contribution in [3.8, 4) is 0 Å². The minimum absolute atomic E-state index is 0.590. The molecule has 0 aromatic carbocycles. The zero-order chi connectivity index (χ0) is 13.4. The van der Waals surface area contributed by atoms with Crippen molar-refractivity contribution in [2.24, 2.45) is 5.92 Å². The summed E-state index contributed by atoms with van der Waals surface area (Å²) in [6, 6.07) is 0. The molecule has 0 spiro atoms. The topological polar surface area (TPSA) is 59.1 Å². The molecule has 102 valence electrons. The van der Waals surface area contributed by atoms with E-state index in [1.165, 1.54) is 0 Å². The fraction of sp³-hybridized carbons (Fsp3) is 0.667. The predicted molar refractivity (Wildman–Crippen MR) is 78.0 cm³/mol. The van der Waals surface area contributed by atoms with Crippen LogP contribution in [0, 0.1) is 5.92 Å². The zero-order valence-electron chi connectivity index (χ0n) is 11.2. The molecule has 0 radical (unpaired) electrons. The predicted octanol–water partition coefficient (Wildman–Crippen LogP) is 2.76. The molecular formula is C12H21BrN4O. The smallest absolute Gasteiger partial charge is 0.224 e. The Bertz CT molecular complexity index is 360. The van der Waals surface area contributed by atoms with E-state index in [-0.39, 0.29) is 0 Å². The minimum Gasteiger partial charge on any atom is -0.381 e. The standard InChI is InChI=1S/C12H21BrN4O/c1-9(2)8-18-6-4-5-15-11-10(13)7-16-12(14-3)17-11/h7,9H,4-6,8H2,1-3H3,(H2,14,15,16,17). The molecule has 1 aromatic rings. The van der Waals surface area contributed by atoms with Gasteiger partial charge in [0.05, 0.1) is 4.47 Å². The SMILES string of the molecule is CNc1ncc(Br)c(NCCCOCC(C)C)n1. The van der Waals surface area contributed by atoms with Gasteiger partial charge < -0.3 is 15.4 Å². The fourth-order valence-electron chi connectivity index (χ4n) is 1.31. The van der Waals surface area contributed by atoms with E-state index in [1.54, 1.807) is 13.2 Å². The molecule has 1 heterocycles. The van der Waals surface area contributed by atoms with Crippen LogP contribution in [0.1, 0.15) is 20.3 Å². The summed E-state index contributed by atoms with van der Waals surface area (Å²) in [5.41, 5.74) is 0. The normalized spacial score (nSPS) is 10.7. The van der Waals surface area contributed by atoms with Crippen molar-refractivity contribution < 1.29 is 4.74 Å². The molecule has 0 aliphatic carbocycles. The molecule has 18 heavy (non-hydrogen) atoms. The molecule has 0 amide bonds. The van der Waals surface area contributed by atoms with Gasteiger partial charge in [-0.3, -0.25) is 0 Å². The van der Waals surface area contributed by atoms with Crippen LogP contribution in [0.2, 0.25) is 0 Å². The van der Waals surface area contributed by atoms with Crippen molar-refractivity contribution in [3.63, 3.8) is 0 Å². The van der Waals surface area contributed by atoms with Crippen LogP contribution in [0.5, 0.6) is 0 Å². The largest absolute Gasteiger partial charge is 0.381 e. The van der Waals surface area contributed by atoms with Crippen LogP contribution in [0.3, 0.4) is 0 Å². The van der Waals surface area contributed by atoms with E-state index in [2.05, 4.69) is 50.4 Å². The van der Waals surface area contributed by atoms with Gasteiger partial charge in [-0.2, -0.15) is 4.98 Å². The molecule has 0 aliphatic rings. The van der Waals surface area contributed by atoms with Crippen molar-refractivity contribution in [2.45, 2.75) is 20.3 Å². The summed E-state index contributed by atoms with van der Waals surface area (Å²) in [7, 11) is 1.80. The third kappa shape index (κ3) is 5.64. The zero-order valence-corrected chi connectivity index (χ0v) is 12.7. The molecule has 0 bridgehead atoms. The molecule has 0 saturated heterocycles. The molecule has 0 saturated carbocycles. The number of aromatic nitrogens is 2.